The van der Waals surface area contributed by atoms with Gasteiger partial charge in [-0.25, -0.2) is 9.78 Å². The first-order chi connectivity index (χ1) is 11.9. The van der Waals surface area contributed by atoms with Gasteiger partial charge >= 0.3 is 6.03 Å². The summed E-state index contributed by atoms with van der Waals surface area (Å²) in [7, 11) is 0. The van der Waals surface area contributed by atoms with Crippen molar-refractivity contribution >= 4 is 22.5 Å². The van der Waals surface area contributed by atoms with Gasteiger partial charge in [-0.05, 0) is 44.4 Å². The number of piperazine rings is 1. The number of urea groups is 1. The number of aryl methyl sites for hydroxylation is 4. The summed E-state index contributed by atoms with van der Waals surface area (Å²) in [6, 6.07) is 4.36. The van der Waals surface area contributed by atoms with Gasteiger partial charge in [0.15, 0.2) is 5.13 Å². The summed E-state index contributed by atoms with van der Waals surface area (Å²) in [6.45, 7) is 12.1. The lowest BCUT2D eigenvalue weighted by atomic mass is 10.00. The molecule has 6 heteroatoms. The Morgan fingerprint density at radius 1 is 1.12 bits per heavy atom. The molecular weight excluding hydrogens is 332 g/mol. The Balaban J connectivity index is 1.53. The first-order valence-electron chi connectivity index (χ1n) is 8.70. The zero-order chi connectivity index (χ0) is 18.0. The van der Waals surface area contributed by atoms with Gasteiger partial charge in [-0.1, -0.05) is 17.7 Å². The quantitative estimate of drug-likeness (QED) is 0.915. The van der Waals surface area contributed by atoms with E-state index in [0.29, 0.717) is 6.54 Å². The van der Waals surface area contributed by atoms with Crippen LogP contribution in [0.4, 0.5) is 9.93 Å². The van der Waals surface area contributed by atoms with Crippen LogP contribution in [-0.2, 0) is 6.54 Å². The van der Waals surface area contributed by atoms with Crippen LogP contribution in [0.2, 0.25) is 0 Å². The van der Waals surface area contributed by atoms with E-state index in [1.54, 1.807) is 11.3 Å². The number of thiazole rings is 1. The van der Waals surface area contributed by atoms with Gasteiger partial charge in [0, 0.05) is 38.1 Å². The smallest absolute Gasteiger partial charge is 0.317 e. The lowest BCUT2D eigenvalue weighted by Gasteiger charge is -2.34. The molecule has 0 aliphatic carbocycles. The number of nitrogens with zero attached hydrogens (tertiary/aromatic N) is 3. The molecule has 1 aliphatic heterocycles. The predicted octanol–water partition coefficient (Wildman–Crippen LogP) is 3.41. The Morgan fingerprint density at radius 2 is 1.76 bits per heavy atom. The van der Waals surface area contributed by atoms with E-state index in [0.717, 1.165) is 37.0 Å². The third kappa shape index (κ3) is 4.12. The average Bonchev–Trinajstić information content (AvgIpc) is 3.00. The van der Waals surface area contributed by atoms with Crippen LogP contribution in [0.15, 0.2) is 17.5 Å². The molecule has 1 saturated heterocycles. The van der Waals surface area contributed by atoms with Crippen LogP contribution in [0.25, 0.3) is 0 Å². The third-order valence-corrected chi connectivity index (χ3v) is 5.72. The number of anilines is 1. The largest absolute Gasteiger partial charge is 0.345 e. The summed E-state index contributed by atoms with van der Waals surface area (Å²) in [5.41, 5.74) is 6.02. The summed E-state index contributed by atoms with van der Waals surface area (Å²) < 4.78 is 0. The number of rotatable bonds is 3. The van der Waals surface area contributed by atoms with Crippen molar-refractivity contribution in [2.24, 2.45) is 0 Å². The number of nitrogens with one attached hydrogen (secondary N) is 1. The molecule has 0 radical (unpaired) electrons. The minimum absolute atomic E-state index is 0.0225. The number of hydrogen-bond donors (Lipinski definition) is 1. The normalized spacial score (nSPS) is 14.7. The highest BCUT2D eigenvalue weighted by Crippen LogP contribution is 2.21. The highest BCUT2D eigenvalue weighted by atomic mass is 32.1. The molecule has 2 aromatic rings. The van der Waals surface area contributed by atoms with E-state index in [1.165, 1.54) is 22.3 Å². The van der Waals surface area contributed by atoms with Gasteiger partial charge in [-0.3, -0.25) is 0 Å². The van der Waals surface area contributed by atoms with Crippen molar-refractivity contribution in [1.82, 2.24) is 15.2 Å². The molecular formula is C19H26N4OS. The first kappa shape index (κ1) is 17.7. The predicted molar refractivity (Wildman–Crippen MR) is 104 cm³/mol. The minimum atomic E-state index is 0.0225. The Bertz CT molecular complexity index is 740. The molecule has 5 nitrogen and oxygen atoms in total. The van der Waals surface area contributed by atoms with Crippen molar-refractivity contribution < 1.29 is 4.79 Å². The van der Waals surface area contributed by atoms with E-state index >= 15 is 0 Å². The first-order valence-corrected chi connectivity index (χ1v) is 9.58. The number of benzene rings is 1. The molecule has 1 aromatic carbocycles. The van der Waals surface area contributed by atoms with Gasteiger partial charge in [-0.2, -0.15) is 0 Å². The van der Waals surface area contributed by atoms with Crippen LogP contribution in [0.5, 0.6) is 0 Å². The molecule has 1 aromatic heterocycles. The Kier molecular flexibility index (Phi) is 5.27. The van der Waals surface area contributed by atoms with Crippen molar-refractivity contribution in [3.63, 3.8) is 0 Å². The lowest BCUT2D eigenvalue weighted by Crippen LogP contribution is -2.51. The second-order valence-corrected chi connectivity index (χ2v) is 7.62. The Morgan fingerprint density at radius 3 is 2.32 bits per heavy atom. The molecule has 1 aliphatic rings. The summed E-state index contributed by atoms with van der Waals surface area (Å²) >= 11 is 1.67. The van der Waals surface area contributed by atoms with Gasteiger partial charge < -0.3 is 15.1 Å². The van der Waals surface area contributed by atoms with Crippen LogP contribution >= 0.6 is 11.3 Å². The van der Waals surface area contributed by atoms with Gasteiger partial charge in [0.2, 0.25) is 0 Å². The fourth-order valence-corrected chi connectivity index (χ4v) is 4.21. The van der Waals surface area contributed by atoms with E-state index < -0.39 is 0 Å². The SMILES string of the molecule is Cc1cc(C)c(CNC(=O)N2CCN(c3nc(C)cs3)CC2)c(C)c1. The third-order valence-electron chi connectivity index (χ3n) is 4.70. The average molecular weight is 359 g/mol. The van der Waals surface area contributed by atoms with Gasteiger partial charge in [-0.15, -0.1) is 11.3 Å². The maximum atomic E-state index is 12.5. The molecule has 2 heterocycles. The lowest BCUT2D eigenvalue weighted by molar-refractivity contribution is 0.194. The number of carbonyl (C=O) groups excluding carboxylic acids is 1. The van der Waals surface area contributed by atoms with Crippen molar-refractivity contribution in [2.45, 2.75) is 34.2 Å². The van der Waals surface area contributed by atoms with Crippen molar-refractivity contribution in [3.8, 4) is 0 Å². The van der Waals surface area contributed by atoms with Gasteiger partial charge in [0.25, 0.3) is 0 Å². The van der Waals surface area contributed by atoms with Crippen LogP contribution < -0.4 is 10.2 Å². The van der Waals surface area contributed by atoms with Crippen molar-refractivity contribution in [3.05, 3.63) is 45.5 Å². The topological polar surface area (TPSA) is 48.5 Å². The maximum Gasteiger partial charge on any atom is 0.317 e. The minimum Gasteiger partial charge on any atom is -0.345 e. The monoisotopic (exact) mass is 358 g/mol. The molecule has 0 saturated carbocycles. The summed E-state index contributed by atoms with van der Waals surface area (Å²) in [4.78, 5) is 21.2. The van der Waals surface area contributed by atoms with Crippen LogP contribution in [-0.4, -0.2) is 42.1 Å². The van der Waals surface area contributed by atoms with Gasteiger partial charge in [0.05, 0.1) is 5.69 Å². The summed E-state index contributed by atoms with van der Waals surface area (Å²) in [5.74, 6) is 0. The molecule has 0 bridgehead atoms. The van der Waals surface area contributed by atoms with Crippen molar-refractivity contribution in [1.29, 1.82) is 0 Å². The fourth-order valence-electron chi connectivity index (χ4n) is 3.35. The molecule has 1 fully saturated rings. The van der Waals surface area contributed by atoms with E-state index in [4.69, 9.17) is 0 Å². The fraction of sp³-hybridized carbons (Fsp3) is 0.474. The Hall–Kier alpha value is -2.08. The second kappa shape index (κ2) is 7.44. The molecule has 2 amide bonds. The number of aromatic nitrogens is 1. The van der Waals surface area contributed by atoms with E-state index in [-0.39, 0.29) is 6.03 Å². The van der Waals surface area contributed by atoms with Gasteiger partial charge in [0.1, 0.15) is 0 Å². The highest BCUT2D eigenvalue weighted by molar-refractivity contribution is 7.13. The highest BCUT2D eigenvalue weighted by Gasteiger charge is 2.22. The summed E-state index contributed by atoms with van der Waals surface area (Å²) in [5, 5.41) is 6.21. The molecule has 0 spiro atoms. The standard InChI is InChI=1S/C19H26N4OS/c1-13-9-14(2)17(15(3)10-13)11-20-18(24)22-5-7-23(8-6-22)19-21-16(4)12-25-19/h9-10,12H,5-8,11H2,1-4H3,(H,20,24). The molecule has 3 rings (SSSR count). The number of carbonyl (C=O) groups is 1. The van der Waals surface area contributed by atoms with E-state index in [1.807, 2.05) is 11.8 Å². The van der Waals surface area contributed by atoms with E-state index in [2.05, 4.69) is 53.5 Å². The van der Waals surface area contributed by atoms with Crippen LogP contribution in [0.1, 0.15) is 27.9 Å². The number of hydrogen-bond acceptors (Lipinski definition) is 4. The number of amides is 2. The second-order valence-electron chi connectivity index (χ2n) is 6.78. The zero-order valence-electron chi connectivity index (χ0n) is 15.4. The van der Waals surface area contributed by atoms with E-state index in [9.17, 15) is 4.79 Å². The summed E-state index contributed by atoms with van der Waals surface area (Å²) in [6.07, 6.45) is 0. The molecule has 0 atom stereocenters. The Labute approximate surface area is 153 Å². The molecule has 0 unspecified atom stereocenters. The molecule has 25 heavy (non-hydrogen) atoms. The van der Waals surface area contributed by atoms with Crippen LogP contribution in [0, 0.1) is 27.7 Å². The molecule has 1 N–H and O–H groups in total. The molecule has 134 valence electrons. The van der Waals surface area contributed by atoms with Crippen molar-refractivity contribution in [2.75, 3.05) is 31.1 Å². The van der Waals surface area contributed by atoms with Crippen LogP contribution in [0.3, 0.4) is 0 Å². The maximum absolute atomic E-state index is 12.5. The zero-order valence-corrected chi connectivity index (χ0v) is 16.2.